The Bertz CT molecular complexity index is 677. The second-order valence-electron chi connectivity index (χ2n) is 6.36. The number of aromatic nitrogens is 3. The molecule has 1 aliphatic heterocycles. The summed E-state index contributed by atoms with van der Waals surface area (Å²) in [4.78, 5) is 22.9. The highest BCUT2D eigenvalue weighted by atomic mass is 16.2. The van der Waals surface area contributed by atoms with Gasteiger partial charge >= 0.3 is 6.03 Å². The summed E-state index contributed by atoms with van der Waals surface area (Å²) in [5.74, 6) is 1.55. The van der Waals surface area contributed by atoms with E-state index < -0.39 is 0 Å². The Morgan fingerprint density at radius 3 is 2.68 bits per heavy atom. The van der Waals surface area contributed by atoms with E-state index in [4.69, 9.17) is 0 Å². The van der Waals surface area contributed by atoms with Crippen LogP contribution in [-0.4, -0.2) is 77.4 Å². The van der Waals surface area contributed by atoms with Crippen molar-refractivity contribution in [2.45, 2.75) is 6.54 Å². The van der Waals surface area contributed by atoms with Crippen molar-refractivity contribution in [3.63, 3.8) is 0 Å². The van der Waals surface area contributed by atoms with Crippen molar-refractivity contribution >= 4 is 17.7 Å². The van der Waals surface area contributed by atoms with Crippen LogP contribution in [-0.2, 0) is 6.54 Å². The van der Waals surface area contributed by atoms with E-state index in [9.17, 15) is 4.79 Å². The van der Waals surface area contributed by atoms with E-state index in [1.165, 1.54) is 0 Å². The second-order valence-corrected chi connectivity index (χ2v) is 6.36. The van der Waals surface area contributed by atoms with E-state index in [0.717, 1.165) is 32.0 Å². The molecule has 3 heterocycles. The molecule has 0 radical (unpaired) electrons. The summed E-state index contributed by atoms with van der Waals surface area (Å²) in [7, 11) is 4.05. The number of urea groups is 1. The molecule has 134 valence electrons. The minimum atomic E-state index is -0.0986. The number of likely N-dealkylation sites (N-methyl/N-ethyl adjacent to an activating group) is 1. The fourth-order valence-electron chi connectivity index (χ4n) is 2.72. The molecule has 0 saturated carbocycles. The van der Waals surface area contributed by atoms with Gasteiger partial charge < -0.3 is 14.7 Å². The number of hydrogen-bond acceptors (Lipinski definition) is 5. The lowest BCUT2D eigenvalue weighted by Gasteiger charge is -2.35. The van der Waals surface area contributed by atoms with Crippen LogP contribution in [0.15, 0.2) is 36.7 Å². The molecule has 1 saturated heterocycles. The standard InChI is InChI=1S/C17H25N7O/c1-21(2)9-14-24-8-6-15(20-24)19-17(25)23-12-10-22(11-13-23)16-5-3-4-7-18-16/h3-8H,9-14H2,1-2H3,(H,19,20,25). The number of carbonyl (C=O) groups excluding carboxylic acids is 1. The molecule has 3 rings (SSSR count). The van der Waals surface area contributed by atoms with Crippen LogP contribution in [0.5, 0.6) is 0 Å². The van der Waals surface area contributed by atoms with Crippen LogP contribution in [0.1, 0.15) is 0 Å². The number of hydrogen-bond donors (Lipinski definition) is 1. The van der Waals surface area contributed by atoms with Gasteiger partial charge in [-0.15, -0.1) is 0 Å². The summed E-state index contributed by atoms with van der Waals surface area (Å²) in [6, 6.07) is 7.62. The van der Waals surface area contributed by atoms with Gasteiger partial charge in [0.15, 0.2) is 5.82 Å². The first kappa shape index (κ1) is 17.2. The van der Waals surface area contributed by atoms with Crippen molar-refractivity contribution in [3.05, 3.63) is 36.7 Å². The molecule has 1 N–H and O–H groups in total. The summed E-state index contributed by atoms with van der Waals surface area (Å²) in [6.45, 7) is 4.60. The predicted molar refractivity (Wildman–Crippen MR) is 97.8 cm³/mol. The van der Waals surface area contributed by atoms with Crippen LogP contribution < -0.4 is 10.2 Å². The molecular formula is C17H25N7O. The number of nitrogens with zero attached hydrogens (tertiary/aromatic N) is 6. The third kappa shape index (κ3) is 4.69. The molecule has 0 aliphatic carbocycles. The van der Waals surface area contributed by atoms with Crippen LogP contribution >= 0.6 is 0 Å². The molecule has 0 bridgehead atoms. The van der Waals surface area contributed by atoms with Crippen LogP contribution in [0.3, 0.4) is 0 Å². The van der Waals surface area contributed by atoms with Crippen LogP contribution in [0, 0.1) is 0 Å². The molecule has 0 atom stereocenters. The third-order valence-electron chi connectivity index (χ3n) is 4.19. The van der Waals surface area contributed by atoms with E-state index in [-0.39, 0.29) is 6.03 Å². The molecule has 2 amide bonds. The van der Waals surface area contributed by atoms with Gasteiger partial charge in [-0.1, -0.05) is 6.07 Å². The molecule has 8 heteroatoms. The monoisotopic (exact) mass is 343 g/mol. The van der Waals surface area contributed by atoms with Gasteiger partial charge in [-0.05, 0) is 26.2 Å². The molecule has 8 nitrogen and oxygen atoms in total. The molecule has 25 heavy (non-hydrogen) atoms. The zero-order valence-electron chi connectivity index (χ0n) is 14.8. The summed E-state index contributed by atoms with van der Waals surface area (Å²) in [5.41, 5.74) is 0. The van der Waals surface area contributed by atoms with Gasteiger partial charge in [-0.3, -0.25) is 10.00 Å². The fraction of sp³-hybridized carbons (Fsp3) is 0.471. The van der Waals surface area contributed by atoms with Gasteiger partial charge in [0.1, 0.15) is 5.82 Å². The SMILES string of the molecule is CN(C)CCn1ccc(NC(=O)N2CCN(c3ccccn3)CC2)n1. The lowest BCUT2D eigenvalue weighted by Crippen LogP contribution is -2.50. The number of amides is 2. The predicted octanol–water partition coefficient (Wildman–Crippen LogP) is 1.19. The minimum Gasteiger partial charge on any atom is -0.353 e. The summed E-state index contributed by atoms with van der Waals surface area (Å²) >= 11 is 0. The largest absolute Gasteiger partial charge is 0.353 e. The highest BCUT2D eigenvalue weighted by molar-refractivity contribution is 5.88. The molecule has 2 aromatic rings. The molecule has 0 unspecified atom stereocenters. The zero-order valence-corrected chi connectivity index (χ0v) is 14.8. The molecule has 1 fully saturated rings. The molecule has 0 aromatic carbocycles. The molecule has 1 aliphatic rings. The maximum Gasteiger partial charge on any atom is 0.323 e. The summed E-state index contributed by atoms with van der Waals surface area (Å²) in [6.07, 6.45) is 3.68. The van der Waals surface area contributed by atoms with Gasteiger partial charge in [0.25, 0.3) is 0 Å². The molecule has 0 spiro atoms. The van der Waals surface area contributed by atoms with Crippen molar-refractivity contribution in [3.8, 4) is 0 Å². The summed E-state index contributed by atoms with van der Waals surface area (Å²) < 4.78 is 1.84. The maximum absolute atomic E-state index is 12.4. The Hall–Kier alpha value is -2.61. The summed E-state index contributed by atoms with van der Waals surface area (Å²) in [5, 5.41) is 7.27. The fourth-order valence-corrected chi connectivity index (χ4v) is 2.72. The van der Waals surface area contributed by atoms with E-state index in [0.29, 0.717) is 18.9 Å². The lowest BCUT2D eigenvalue weighted by molar-refractivity contribution is 0.208. The van der Waals surface area contributed by atoms with Crippen molar-refractivity contribution in [2.24, 2.45) is 0 Å². The highest BCUT2D eigenvalue weighted by Gasteiger charge is 2.22. The van der Waals surface area contributed by atoms with E-state index in [2.05, 4.69) is 25.2 Å². The number of piperazine rings is 1. The lowest BCUT2D eigenvalue weighted by atomic mass is 10.3. The van der Waals surface area contributed by atoms with Crippen LogP contribution in [0.2, 0.25) is 0 Å². The topological polar surface area (TPSA) is 69.5 Å². The quantitative estimate of drug-likeness (QED) is 0.883. The Morgan fingerprint density at radius 1 is 1.20 bits per heavy atom. The smallest absolute Gasteiger partial charge is 0.323 e. The first-order valence-electron chi connectivity index (χ1n) is 8.52. The first-order chi connectivity index (χ1) is 12.1. The average molecular weight is 343 g/mol. The van der Waals surface area contributed by atoms with Gasteiger partial charge in [-0.25, -0.2) is 9.78 Å². The number of pyridine rings is 1. The van der Waals surface area contributed by atoms with Crippen molar-refractivity contribution in [1.29, 1.82) is 0 Å². The Balaban J connectivity index is 1.48. The number of rotatable bonds is 5. The zero-order chi connectivity index (χ0) is 17.6. The van der Waals surface area contributed by atoms with E-state index in [1.807, 2.05) is 54.1 Å². The molecular weight excluding hydrogens is 318 g/mol. The first-order valence-corrected chi connectivity index (χ1v) is 8.52. The Labute approximate surface area is 148 Å². The van der Waals surface area contributed by atoms with Gasteiger partial charge in [0, 0.05) is 51.2 Å². The van der Waals surface area contributed by atoms with Gasteiger partial charge in [-0.2, -0.15) is 5.10 Å². The second kappa shape index (κ2) is 7.98. The van der Waals surface area contributed by atoms with E-state index >= 15 is 0 Å². The van der Waals surface area contributed by atoms with Gasteiger partial charge in [0.05, 0.1) is 6.54 Å². The van der Waals surface area contributed by atoms with Crippen molar-refractivity contribution in [1.82, 2.24) is 24.6 Å². The normalized spacial score (nSPS) is 14.8. The number of anilines is 2. The van der Waals surface area contributed by atoms with Crippen molar-refractivity contribution in [2.75, 3.05) is 57.0 Å². The number of carbonyl (C=O) groups is 1. The minimum absolute atomic E-state index is 0.0986. The Morgan fingerprint density at radius 2 is 2.00 bits per heavy atom. The van der Waals surface area contributed by atoms with E-state index in [1.54, 1.807) is 6.20 Å². The maximum atomic E-state index is 12.4. The van der Waals surface area contributed by atoms with Crippen LogP contribution in [0.25, 0.3) is 0 Å². The molecule has 2 aromatic heterocycles. The highest BCUT2D eigenvalue weighted by Crippen LogP contribution is 2.13. The van der Waals surface area contributed by atoms with Crippen molar-refractivity contribution < 1.29 is 4.79 Å². The van der Waals surface area contributed by atoms with Crippen LogP contribution in [0.4, 0.5) is 16.4 Å². The third-order valence-corrected chi connectivity index (χ3v) is 4.19. The average Bonchev–Trinajstić information content (AvgIpc) is 3.08. The number of nitrogens with one attached hydrogen (secondary N) is 1. The Kier molecular flexibility index (Phi) is 5.49. The van der Waals surface area contributed by atoms with Gasteiger partial charge in [0.2, 0.25) is 0 Å².